The lowest BCUT2D eigenvalue weighted by Gasteiger charge is -2.21. The molecule has 1 fully saturated rings. The molecule has 2 heterocycles. The number of alkyl halides is 3. The highest BCUT2D eigenvalue weighted by Crippen LogP contribution is 2.40. The molecular weight excluding hydrogens is 376 g/mol. The number of nitrogens with one attached hydrogen (secondary N) is 1. The molecule has 0 bridgehead atoms. The number of amides is 1. The van der Waals surface area contributed by atoms with Gasteiger partial charge in [-0.15, -0.1) is 0 Å². The molecule has 28 heavy (non-hydrogen) atoms. The first kappa shape index (κ1) is 18.4. The monoisotopic (exact) mass is 392 g/mol. The first-order chi connectivity index (χ1) is 13.2. The van der Waals surface area contributed by atoms with Crippen molar-refractivity contribution in [2.45, 2.75) is 32.0 Å². The lowest BCUT2D eigenvalue weighted by Crippen LogP contribution is -2.47. The number of aryl methyl sites for hydroxylation is 1. The van der Waals surface area contributed by atoms with Crippen molar-refractivity contribution in [3.8, 4) is 11.3 Å². The predicted molar refractivity (Wildman–Crippen MR) is 93.2 cm³/mol. The Morgan fingerprint density at radius 2 is 2.04 bits per heavy atom. The second-order valence-corrected chi connectivity index (χ2v) is 6.93. The number of nitrogens with zero attached hydrogens (tertiary/aromatic N) is 3. The van der Waals surface area contributed by atoms with Gasteiger partial charge in [0.2, 0.25) is 0 Å². The molecule has 1 aliphatic rings. The molecule has 0 spiro atoms. The summed E-state index contributed by atoms with van der Waals surface area (Å²) in [7, 11) is 0. The van der Waals surface area contributed by atoms with E-state index in [1.54, 1.807) is 19.1 Å². The number of carbonyl (C=O) groups excluding carboxylic acids is 1. The van der Waals surface area contributed by atoms with Crippen LogP contribution in [0.1, 0.15) is 28.9 Å². The topological polar surface area (TPSA) is 59.3 Å². The Balaban J connectivity index is 1.72. The minimum Gasteiger partial charge on any atom is -0.339 e. The zero-order valence-electron chi connectivity index (χ0n) is 14.8. The van der Waals surface area contributed by atoms with E-state index in [1.807, 2.05) is 0 Å². The van der Waals surface area contributed by atoms with E-state index in [4.69, 9.17) is 0 Å². The van der Waals surface area contributed by atoms with Gasteiger partial charge in [-0.1, -0.05) is 12.1 Å². The van der Waals surface area contributed by atoms with Gasteiger partial charge < -0.3 is 5.32 Å². The predicted octanol–water partition coefficient (Wildman–Crippen LogP) is 3.91. The second kappa shape index (κ2) is 6.57. The fourth-order valence-electron chi connectivity index (χ4n) is 3.18. The fourth-order valence-corrected chi connectivity index (χ4v) is 3.18. The summed E-state index contributed by atoms with van der Waals surface area (Å²) in [6.07, 6.45) is -2.47. The Bertz CT molecular complexity index is 1060. The molecule has 0 radical (unpaired) electrons. The molecule has 1 aliphatic carbocycles. The molecule has 1 N–H and O–H groups in total. The Kier molecular flexibility index (Phi) is 4.32. The zero-order valence-corrected chi connectivity index (χ0v) is 14.8. The van der Waals surface area contributed by atoms with Crippen LogP contribution in [0.2, 0.25) is 0 Å². The van der Waals surface area contributed by atoms with Gasteiger partial charge in [0.05, 0.1) is 11.9 Å². The average molecular weight is 392 g/mol. The van der Waals surface area contributed by atoms with Crippen molar-refractivity contribution in [2.75, 3.05) is 0 Å². The normalized spacial score (nSPS) is 15.6. The minimum atomic E-state index is -4.52. The smallest absolute Gasteiger partial charge is 0.339 e. The number of imidazole rings is 1. The lowest BCUT2D eigenvalue weighted by molar-refractivity contribution is -0.158. The van der Waals surface area contributed by atoms with Gasteiger partial charge in [-0.25, -0.2) is 13.9 Å². The van der Waals surface area contributed by atoms with Gasteiger partial charge >= 0.3 is 6.18 Å². The van der Waals surface area contributed by atoms with Crippen molar-refractivity contribution in [2.24, 2.45) is 5.92 Å². The fraction of sp³-hybridized carbons (Fsp3) is 0.316. The Hall–Kier alpha value is -2.97. The standard InChI is InChI=1S/C19H16F4N4O/c1-10-7-14(12-3-2-4-13(20)8-12)26-27-15(9-24-17(10)27)18(28)25-16(11-5-6-11)19(21,22)23/h2-4,7-9,11,16H,5-6H2,1H3,(H,25,28). The van der Waals surface area contributed by atoms with Crippen molar-refractivity contribution in [1.29, 1.82) is 0 Å². The van der Waals surface area contributed by atoms with Gasteiger partial charge in [0.1, 0.15) is 11.9 Å². The van der Waals surface area contributed by atoms with Gasteiger partial charge in [-0.05, 0) is 49.4 Å². The molecule has 1 unspecified atom stereocenters. The van der Waals surface area contributed by atoms with Gasteiger partial charge in [-0.3, -0.25) is 4.79 Å². The lowest BCUT2D eigenvalue weighted by atomic mass is 10.1. The highest BCUT2D eigenvalue weighted by Gasteiger charge is 2.49. The highest BCUT2D eigenvalue weighted by molar-refractivity contribution is 5.93. The molecule has 1 saturated carbocycles. The molecular formula is C19H16F4N4O. The number of halogens is 4. The third-order valence-corrected chi connectivity index (χ3v) is 4.74. The first-order valence-corrected chi connectivity index (χ1v) is 8.73. The number of rotatable bonds is 4. The number of fused-ring (bicyclic) bond motifs is 1. The maximum Gasteiger partial charge on any atom is 0.408 e. The van der Waals surface area contributed by atoms with Crippen LogP contribution in [0.4, 0.5) is 17.6 Å². The van der Waals surface area contributed by atoms with E-state index >= 15 is 0 Å². The van der Waals surface area contributed by atoms with Gasteiger partial charge in [0.15, 0.2) is 11.3 Å². The van der Waals surface area contributed by atoms with Crippen LogP contribution < -0.4 is 5.32 Å². The summed E-state index contributed by atoms with van der Waals surface area (Å²) in [5, 5.41) is 6.38. The molecule has 1 atom stereocenters. The van der Waals surface area contributed by atoms with Crippen molar-refractivity contribution in [3.63, 3.8) is 0 Å². The van der Waals surface area contributed by atoms with Crippen molar-refractivity contribution in [3.05, 3.63) is 53.6 Å². The zero-order chi connectivity index (χ0) is 20.1. The van der Waals surface area contributed by atoms with Gasteiger partial charge in [0.25, 0.3) is 5.91 Å². The van der Waals surface area contributed by atoms with Crippen molar-refractivity contribution in [1.82, 2.24) is 19.9 Å². The number of carbonyl (C=O) groups is 1. The minimum absolute atomic E-state index is 0.105. The highest BCUT2D eigenvalue weighted by atomic mass is 19.4. The van der Waals surface area contributed by atoms with Gasteiger partial charge in [0, 0.05) is 5.56 Å². The van der Waals surface area contributed by atoms with Crippen LogP contribution in [0, 0.1) is 18.7 Å². The van der Waals surface area contributed by atoms with Gasteiger partial charge in [-0.2, -0.15) is 18.3 Å². The van der Waals surface area contributed by atoms with E-state index in [0.717, 1.165) is 0 Å². The summed E-state index contributed by atoms with van der Waals surface area (Å²) >= 11 is 0. The van der Waals surface area contributed by atoms with Crippen LogP contribution >= 0.6 is 0 Å². The molecule has 1 amide bonds. The Morgan fingerprint density at radius 3 is 2.68 bits per heavy atom. The molecule has 146 valence electrons. The summed E-state index contributed by atoms with van der Waals surface area (Å²) < 4.78 is 54.4. The van der Waals surface area contributed by atoms with Crippen LogP contribution in [-0.2, 0) is 0 Å². The van der Waals surface area contributed by atoms with Crippen LogP contribution in [0.3, 0.4) is 0 Å². The molecule has 2 aromatic heterocycles. The molecule has 0 aliphatic heterocycles. The van der Waals surface area contributed by atoms with E-state index in [-0.39, 0.29) is 5.69 Å². The molecule has 4 rings (SSSR count). The largest absolute Gasteiger partial charge is 0.408 e. The van der Waals surface area contributed by atoms with Crippen molar-refractivity contribution < 1.29 is 22.4 Å². The second-order valence-electron chi connectivity index (χ2n) is 6.93. The van der Waals surface area contributed by atoms with E-state index < -0.39 is 29.9 Å². The van der Waals surface area contributed by atoms with Crippen LogP contribution in [0.25, 0.3) is 16.9 Å². The SMILES string of the molecule is Cc1cc(-c2cccc(F)c2)nn2c(C(=O)NC(C3CC3)C(F)(F)F)cnc12. The number of hydrogen-bond acceptors (Lipinski definition) is 3. The summed E-state index contributed by atoms with van der Waals surface area (Å²) in [6, 6.07) is 5.55. The third kappa shape index (κ3) is 3.44. The molecule has 5 nitrogen and oxygen atoms in total. The molecule has 9 heteroatoms. The van der Waals surface area contributed by atoms with E-state index in [9.17, 15) is 22.4 Å². The molecule has 1 aromatic carbocycles. The quantitative estimate of drug-likeness (QED) is 0.685. The van der Waals surface area contributed by atoms with E-state index in [2.05, 4.69) is 15.4 Å². The molecule has 0 saturated heterocycles. The number of benzene rings is 1. The third-order valence-electron chi connectivity index (χ3n) is 4.74. The van der Waals surface area contributed by atoms with E-state index in [0.29, 0.717) is 35.3 Å². The maximum atomic E-state index is 13.5. The number of aromatic nitrogens is 3. The summed E-state index contributed by atoms with van der Waals surface area (Å²) in [6.45, 7) is 1.73. The maximum absolute atomic E-state index is 13.5. The Labute approximate surface area is 157 Å². The summed E-state index contributed by atoms with van der Waals surface area (Å²) in [5.41, 5.74) is 1.76. The van der Waals surface area contributed by atoms with E-state index in [1.165, 1.54) is 28.9 Å². The van der Waals surface area contributed by atoms with Crippen LogP contribution in [0.5, 0.6) is 0 Å². The molecule has 3 aromatic rings. The van der Waals surface area contributed by atoms with Crippen LogP contribution in [-0.4, -0.2) is 32.7 Å². The number of hydrogen-bond donors (Lipinski definition) is 1. The van der Waals surface area contributed by atoms with Crippen LogP contribution in [0.15, 0.2) is 36.5 Å². The summed E-state index contributed by atoms with van der Waals surface area (Å²) in [5.74, 6) is -1.94. The van der Waals surface area contributed by atoms with Crippen molar-refractivity contribution >= 4 is 11.6 Å². The Morgan fingerprint density at radius 1 is 1.29 bits per heavy atom. The average Bonchev–Trinajstić information content (AvgIpc) is 3.36. The first-order valence-electron chi connectivity index (χ1n) is 8.73. The summed E-state index contributed by atoms with van der Waals surface area (Å²) in [4.78, 5) is 16.7.